The van der Waals surface area contributed by atoms with Crippen LogP contribution in [0.5, 0.6) is 0 Å². The van der Waals surface area contributed by atoms with Crippen LogP contribution in [0.4, 0.5) is 0 Å². The first-order valence-electron chi connectivity index (χ1n) is 7.43. The SMILES string of the molecule is CC/C=N/N(C)C(=O)C(=O)c1c(CC)cc(C)cc1CC. The maximum absolute atomic E-state index is 12.6. The molecule has 0 saturated heterocycles. The van der Waals surface area contributed by atoms with Crippen LogP contribution in [0.1, 0.15) is 54.2 Å². The molecule has 0 bridgehead atoms. The Bertz CT molecular complexity index is 537. The number of ketones is 1. The number of benzene rings is 1. The lowest BCUT2D eigenvalue weighted by molar-refractivity contribution is -0.125. The van der Waals surface area contributed by atoms with Crippen LogP contribution in [-0.2, 0) is 17.6 Å². The molecular formula is C17H24N2O2. The van der Waals surface area contributed by atoms with Crippen molar-refractivity contribution in [3.8, 4) is 0 Å². The minimum absolute atomic E-state index is 0.473. The normalized spacial score (nSPS) is 10.9. The topological polar surface area (TPSA) is 49.7 Å². The van der Waals surface area contributed by atoms with Crippen LogP contribution in [0.15, 0.2) is 17.2 Å². The number of carbonyl (C=O) groups is 2. The van der Waals surface area contributed by atoms with Crippen molar-refractivity contribution in [2.24, 2.45) is 5.10 Å². The lowest BCUT2D eigenvalue weighted by Gasteiger charge is -2.15. The van der Waals surface area contributed by atoms with Gasteiger partial charge in [-0.3, -0.25) is 9.59 Å². The van der Waals surface area contributed by atoms with Gasteiger partial charge in [-0.25, -0.2) is 5.01 Å². The van der Waals surface area contributed by atoms with Gasteiger partial charge in [-0.15, -0.1) is 0 Å². The first-order chi connectivity index (χ1) is 9.96. The highest BCUT2D eigenvalue weighted by molar-refractivity contribution is 6.43. The van der Waals surface area contributed by atoms with E-state index in [-0.39, 0.29) is 0 Å². The van der Waals surface area contributed by atoms with Gasteiger partial charge in [0.2, 0.25) is 0 Å². The number of hydrogen-bond acceptors (Lipinski definition) is 3. The molecule has 4 nitrogen and oxygen atoms in total. The van der Waals surface area contributed by atoms with Crippen LogP contribution in [0.25, 0.3) is 0 Å². The predicted molar refractivity (Wildman–Crippen MR) is 85.8 cm³/mol. The average Bonchev–Trinajstić information content (AvgIpc) is 2.49. The highest BCUT2D eigenvalue weighted by Crippen LogP contribution is 2.20. The molecule has 0 atom stereocenters. The van der Waals surface area contributed by atoms with Gasteiger partial charge in [0.1, 0.15) is 0 Å². The quantitative estimate of drug-likeness (QED) is 0.349. The van der Waals surface area contributed by atoms with Gasteiger partial charge < -0.3 is 0 Å². The van der Waals surface area contributed by atoms with E-state index in [1.54, 1.807) is 6.21 Å². The second-order valence-corrected chi connectivity index (χ2v) is 5.03. The number of amides is 1. The monoisotopic (exact) mass is 288 g/mol. The van der Waals surface area contributed by atoms with E-state index >= 15 is 0 Å². The Hall–Kier alpha value is -1.97. The molecule has 0 unspecified atom stereocenters. The third-order valence-corrected chi connectivity index (χ3v) is 3.36. The van der Waals surface area contributed by atoms with Gasteiger partial charge in [0, 0.05) is 18.8 Å². The fraction of sp³-hybridized carbons (Fsp3) is 0.471. The summed E-state index contributed by atoms with van der Waals surface area (Å²) in [4.78, 5) is 24.8. The summed E-state index contributed by atoms with van der Waals surface area (Å²) < 4.78 is 0. The number of nitrogens with zero attached hydrogens (tertiary/aromatic N) is 2. The summed E-state index contributed by atoms with van der Waals surface area (Å²) in [6.45, 7) is 7.92. The van der Waals surface area contributed by atoms with E-state index in [4.69, 9.17) is 0 Å². The van der Waals surface area contributed by atoms with E-state index in [1.165, 1.54) is 7.05 Å². The van der Waals surface area contributed by atoms with Crippen molar-refractivity contribution in [3.05, 3.63) is 34.4 Å². The average molecular weight is 288 g/mol. The van der Waals surface area contributed by atoms with E-state index in [0.717, 1.165) is 41.0 Å². The molecule has 0 aliphatic rings. The Morgan fingerprint density at radius 3 is 2.10 bits per heavy atom. The molecule has 0 aromatic heterocycles. The van der Waals surface area contributed by atoms with E-state index in [2.05, 4.69) is 5.10 Å². The Morgan fingerprint density at radius 2 is 1.67 bits per heavy atom. The van der Waals surface area contributed by atoms with Crippen molar-refractivity contribution < 1.29 is 9.59 Å². The predicted octanol–water partition coefficient (Wildman–Crippen LogP) is 3.16. The molecule has 0 spiro atoms. The maximum Gasteiger partial charge on any atom is 0.314 e. The van der Waals surface area contributed by atoms with Gasteiger partial charge in [-0.05, 0) is 37.3 Å². The molecule has 0 N–H and O–H groups in total. The number of Topliss-reactive ketones (excluding diaryl/α,β-unsaturated/α-hetero) is 1. The number of hydrogen-bond donors (Lipinski definition) is 0. The van der Waals surface area contributed by atoms with E-state index in [0.29, 0.717) is 5.56 Å². The van der Waals surface area contributed by atoms with Gasteiger partial charge in [0.15, 0.2) is 0 Å². The molecule has 0 aliphatic carbocycles. The molecule has 1 rings (SSSR count). The Labute approximate surface area is 126 Å². The standard InChI is InChI=1S/C17H24N2O2/c1-6-9-18-19(5)17(21)16(20)15-13(7-2)10-12(4)11-14(15)8-3/h9-11H,6-8H2,1-5H3/b18-9+. The molecular weight excluding hydrogens is 264 g/mol. The lowest BCUT2D eigenvalue weighted by atomic mass is 9.92. The van der Waals surface area contributed by atoms with E-state index in [9.17, 15) is 9.59 Å². The molecule has 1 aromatic rings. The molecule has 0 aliphatic heterocycles. The van der Waals surface area contributed by atoms with Gasteiger partial charge in [0.25, 0.3) is 5.78 Å². The van der Waals surface area contributed by atoms with Crippen molar-refractivity contribution in [2.45, 2.75) is 47.0 Å². The zero-order valence-corrected chi connectivity index (χ0v) is 13.6. The summed E-state index contributed by atoms with van der Waals surface area (Å²) in [5.41, 5.74) is 3.52. The second-order valence-electron chi connectivity index (χ2n) is 5.03. The molecule has 0 radical (unpaired) electrons. The van der Waals surface area contributed by atoms with E-state index in [1.807, 2.05) is 39.8 Å². The fourth-order valence-electron chi connectivity index (χ4n) is 2.30. The number of carbonyl (C=O) groups excluding carboxylic acids is 2. The Morgan fingerprint density at radius 1 is 1.14 bits per heavy atom. The minimum atomic E-state index is -0.590. The van der Waals surface area contributed by atoms with Gasteiger partial charge in [-0.2, -0.15) is 5.10 Å². The molecule has 21 heavy (non-hydrogen) atoms. The second kappa shape index (κ2) is 7.72. The van der Waals surface area contributed by atoms with Crippen LogP contribution in [-0.4, -0.2) is 30.0 Å². The summed E-state index contributed by atoms with van der Waals surface area (Å²) >= 11 is 0. The molecule has 1 amide bonds. The highest BCUT2D eigenvalue weighted by Gasteiger charge is 2.25. The third-order valence-electron chi connectivity index (χ3n) is 3.36. The van der Waals surface area contributed by atoms with Crippen molar-refractivity contribution in [3.63, 3.8) is 0 Å². The smallest absolute Gasteiger partial charge is 0.283 e. The van der Waals surface area contributed by atoms with Crippen LogP contribution < -0.4 is 0 Å². The summed E-state index contributed by atoms with van der Waals surface area (Å²) in [5, 5.41) is 5.07. The minimum Gasteiger partial charge on any atom is -0.283 e. The largest absolute Gasteiger partial charge is 0.314 e. The maximum atomic E-state index is 12.6. The highest BCUT2D eigenvalue weighted by atomic mass is 16.2. The number of hydrazone groups is 1. The number of rotatable bonds is 6. The van der Waals surface area contributed by atoms with Gasteiger partial charge in [0.05, 0.1) is 0 Å². The Balaban J connectivity index is 3.23. The lowest BCUT2D eigenvalue weighted by Crippen LogP contribution is -2.31. The first-order valence-corrected chi connectivity index (χ1v) is 7.43. The Kier molecular flexibility index (Phi) is 6.28. The summed E-state index contributed by atoms with van der Waals surface area (Å²) in [6.07, 6.45) is 3.79. The summed E-state index contributed by atoms with van der Waals surface area (Å²) in [5.74, 6) is -1.06. The molecule has 114 valence electrons. The molecule has 0 saturated carbocycles. The zero-order chi connectivity index (χ0) is 16.0. The van der Waals surface area contributed by atoms with Crippen LogP contribution in [0.2, 0.25) is 0 Å². The van der Waals surface area contributed by atoms with Crippen molar-refractivity contribution in [1.29, 1.82) is 0 Å². The zero-order valence-electron chi connectivity index (χ0n) is 13.6. The van der Waals surface area contributed by atoms with Crippen LogP contribution in [0, 0.1) is 6.92 Å². The first kappa shape index (κ1) is 17.1. The van der Waals surface area contributed by atoms with Crippen LogP contribution >= 0.6 is 0 Å². The molecule has 0 fully saturated rings. The van der Waals surface area contributed by atoms with Crippen molar-refractivity contribution in [2.75, 3.05) is 7.05 Å². The molecule has 4 heteroatoms. The molecule has 1 aromatic carbocycles. The van der Waals surface area contributed by atoms with Crippen LogP contribution in [0.3, 0.4) is 0 Å². The number of likely N-dealkylation sites (N-methyl/N-ethyl adjacent to an activating group) is 1. The van der Waals surface area contributed by atoms with Crippen molar-refractivity contribution in [1.82, 2.24) is 5.01 Å². The van der Waals surface area contributed by atoms with Gasteiger partial charge in [-0.1, -0.05) is 38.5 Å². The summed E-state index contributed by atoms with van der Waals surface area (Å²) in [6, 6.07) is 3.96. The van der Waals surface area contributed by atoms with E-state index < -0.39 is 11.7 Å². The number of aryl methyl sites for hydroxylation is 3. The molecule has 0 heterocycles. The summed E-state index contributed by atoms with van der Waals surface area (Å²) in [7, 11) is 1.51. The van der Waals surface area contributed by atoms with Gasteiger partial charge >= 0.3 is 5.91 Å². The third kappa shape index (κ3) is 4.00. The fourth-order valence-corrected chi connectivity index (χ4v) is 2.30. The van der Waals surface area contributed by atoms with Crippen molar-refractivity contribution >= 4 is 17.9 Å².